The Morgan fingerprint density at radius 2 is 2.05 bits per heavy atom. The summed E-state index contributed by atoms with van der Waals surface area (Å²) < 4.78 is 10.8. The number of nitrogens with zero attached hydrogens (tertiary/aromatic N) is 2. The van der Waals surface area contributed by atoms with Crippen LogP contribution in [0, 0.1) is 5.92 Å². The van der Waals surface area contributed by atoms with Gasteiger partial charge in [-0.1, -0.05) is 37.2 Å². The van der Waals surface area contributed by atoms with E-state index in [0.29, 0.717) is 23.9 Å². The Morgan fingerprint density at radius 1 is 1.25 bits per heavy atom. The number of para-hydroxylation sites is 1. The smallest absolute Gasteiger partial charge is 0.238 e. The molecule has 1 atom stereocenters. The summed E-state index contributed by atoms with van der Waals surface area (Å²) >= 11 is 0. The largest absolute Gasteiger partial charge is 0.453 e. The molecule has 1 N–H and O–H groups in total. The molecule has 5 nitrogen and oxygen atoms in total. The van der Waals surface area contributed by atoms with E-state index in [1.807, 2.05) is 44.2 Å². The minimum Gasteiger partial charge on any atom is -0.453 e. The molecule has 0 aliphatic carbocycles. The van der Waals surface area contributed by atoms with Gasteiger partial charge in [0.15, 0.2) is 5.76 Å². The highest BCUT2D eigenvalue weighted by Crippen LogP contribution is 2.25. The molecule has 2 heterocycles. The van der Waals surface area contributed by atoms with Gasteiger partial charge in [-0.15, -0.1) is 0 Å². The highest BCUT2D eigenvalue weighted by molar-refractivity contribution is 5.81. The van der Waals surface area contributed by atoms with E-state index in [4.69, 9.17) is 8.94 Å². The zero-order valence-electron chi connectivity index (χ0n) is 11.4. The minimum absolute atomic E-state index is 0.150. The first kappa shape index (κ1) is 12.9. The van der Waals surface area contributed by atoms with E-state index in [-0.39, 0.29) is 5.92 Å². The predicted octanol–water partition coefficient (Wildman–Crippen LogP) is 3.04. The maximum atomic E-state index is 9.82. The average Bonchev–Trinajstić information content (AvgIpc) is 3.03. The van der Waals surface area contributed by atoms with Crippen LogP contribution in [0.4, 0.5) is 0 Å². The second-order valence-corrected chi connectivity index (χ2v) is 5.18. The summed E-state index contributed by atoms with van der Waals surface area (Å²) in [7, 11) is 0. The monoisotopic (exact) mass is 272 g/mol. The molecule has 0 saturated carbocycles. The first-order chi connectivity index (χ1) is 9.63. The van der Waals surface area contributed by atoms with Crippen LogP contribution >= 0.6 is 0 Å². The van der Waals surface area contributed by atoms with Crippen LogP contribution in [-0.2, 0) is 6.42 Å². The van der Waals surface area contributed by atoms with Crippen LogP contribution in [0.3, 0.4) is 0 Å². The molecule has 0 spiro atoms. The molecule has 1 unspecified atom stereocenters. The summed E-state index contributed by atoms with van der Waals surface area (Å²) in [4.78, 5) is 4.27. The van der Waals surface area contributed by atoms with E-state index >= 15 is 0 Å². The number of rotatable bonds is 4. The summed E-state index contributed by atoms with van der Waals surface area (Å²) in [5, 5.41) is 14.7. The van der Waals surface area contributed by atoms with Gasteiger partial charge in [0, 0.05) is 5.39 Å². The highest BCUT2D eigenvalue weighted by atomic mass is 16.5. The Balaban J connectivity index is 1.86. The zero-order valence-corrected chi connectivity index (χ0v) is 11.4. The summed E-state index contributed by atoms with van der Waals surface area (Å²) in [6, 6.07) is 9.59. The van der Waals surface area contributed by atoms with Gasteiger partial charge in [0.05, 0.1) is 12.5 Å². The number of aromatic nitrogens is 2. The molecule has 1 aromatic carbocycles. The van der Waals surface area contributed by atoms with E-state index in [0.717, 1.165) is 11.0 Å². The lowest BCUT2D eigenvalue weighted by Crippen LogP contribution is -2.17. The topological polar surface area (TPSA) is 72.3 Å². The molecule has 0 aliphatic heterocycles. The Kier molecular flexibility index (Phi) is 3.28. The molecule has 0 fully saturated rings. The van der Waals surface area contributed by atoms with Crippen molar-refractivity contribution in [2.24, 2.45) is 5.92 Å². The van der Waals surface area contributed by atoms with Gasteiger partial charge in [0.1, 0.15) is 5.58 Å². The Bertz CT molecular complexity index is 682. The first-order valence-electron chi connectivity index (χ1n) is 6.63. The van der Waals surface area contributed by atoms with E-state index in [2.05, 4.69) is 10.1 Å². The summed E-state index contributed by atoms with van der Waals surface area (Å²) in [5.41, 5.74) is 0.788. The van der Waals surface area contributed by atoms with Crippen LogP contribution in [0.1, 0.15) is 19.7 Å². The van der Waals surface area contributed by atoms with Crippen LogP contribution < -0.4 is 0 Å². The molecular formula is C15H16N2O3. The molecule has 0 aliphatic rings. The van der Waals surface area contributed by atoms with E-state index in [9.17, 15) is 5.11 Å². The highest BCUT2D eigenvalue weighted by Gasteiger charge is 2.17. The zero-order chi connectivity index (χ0) is 14.1. The molecule has 0 bridgehead atoms. The van der Waals surface area contributed by atoms with Gasteiger partial charge in [-0.25, -0.2) is 0 Å². The normalized spacial score (nSPS) is 13.2. The fourth-order valence-corrected chi connectivity index (χ4v) is 1.94. The third kappa shape index (κ3) is 2.44. The first-order valence-corrected chi connectivity index (χ1v) is 6.63. The van der Waals surface area contributed by atoms with E-state index in [1.54, 1.807) is 0 Å². The number of aliphatic hydroxyl groups excluding tert-OH is 1. The Labute approximate surface area is 116 Å². The average molecular weight is 272 g/mol. The van der Waals surface area contributed by atoms with Crippen LogP contribution in [0.15, 0.2) is 39.3 Å². The van der Waals surface area contributed by atoms with E-state index in [1.165, 1.54) is 0 Å². The quantitative estimate of drug-likeness (QED) is 0.790. The van der Waals surface area contributed by atoms with Crippen molar-refractivity contribution in [3.8, 4) is 11.6 Å². The van der Waals surface area contributed by atoms with Gasteiger partial charge < -0.3 is 14.0 Å². The van der Waals surface area contributed by atoms with E-state index < -0.39 is 6.10 Å². The molecule has 20 heavy (non-hydrogen) atoms. The molecule has 3 aromatic rings. The number of hydrogen-bond donors (Lipinski definition) is 1. The SMILES string of the molecule is CC(C)C(O)Cc1nc(-c2cc3ccccc3o2)no1. The van der Waals surface area contributed by atoms with Crippen LogP contribution in [0.5, 0.6) is 0 Å². The van der Waals surface area contributed by atoms with Crippen molar-refractivity contribution in [2.45, 2.75) is 26.4 Å². The number of fused-ring (bicyclic) bond motifs is 1. The maximum absolute atomic E-state index is 9.82. The maximum Gasteiger partial charge on any atom is 0.238 e. The second kappa shape index (κ2) is 5.09. The van der Waals surface area contributed by atoms with Crippen molar-refractivity contribution in [2.75, 3.05) is 0 Å². The van der Waals surface area contributed by atoms with Crippen molar-refractivity contribution >= 4 is 11.0 Å². The molecule has 3 rings (SSSR count). The molecule has 0 amide bonds. The van der Waals surface area contributed by atoms with Crippen LogP contribution in [-0.4, -0.2) is 21.4 Å². The van der Waals surface area contributed by atoms with Crippen LogP contribution in [0.2, 0.25) is 0 Å². The Morgan fingerprint density at radius 3 is 2.80 bits per heavy atom. The molecule has 5 heteroatoms. The molecule has 104 valence electrons. The van der Waals surface area contributed by atoms with Crippen LogP contribution in [0.25, 0.3) is 22.6 Å². The molecule has 2 aromatic heterocycles. The van der Waals surface area contributed by atoms with Gasteiger partial charge in [-0.2, -0.15) is 4.98 Å². The van der Waals surface area contributed by atoms with Crippen molar-refractivity contribution in [3.05, 3.63) is 36.2 Å². The van der Waals surface area contributed by atoms with Crippen molar-refractivity contribution in [3.63, 3.8) is 0 Å². The standard InChI is InChI=1S/C15H16N2O3/c1-9(2)11(18)8-14-16-15(17-20-14)13-7-10-5-3-4-6-12(10)19-13/h3-7,9,11,18H,8H2,1-2H3. The predicted molar refractivity (Wildman–Crippen MR) is 74.1 cm³/mol. The van der Waals surface area contributed by atoms with Gasteiger partial charge in [-0.3, -0.25) is 0 Å². The van der Waals surface area contributed by atoms with Crippen molar-refractivity contribution in [1.29, 1.82) is 0 Å². The fourth-order valence-electron chi connectivity index (χ4n) is 1.94. The van der Waals surface area contributed by atoms with Gasteiger partial charge in [0.25, 0.3) is 0 Å². The number of furan rings is 1. The van der Waals surface area contributed by atoms with Crippen molar-refractivity contribution < 1.29 is 14.0 Å². The van der Waals surface area contributed by atoms with Crippen molar-refractivity contribution in [1.82, 2.24) is 10.1 Å². The molecular weight excluding hydrogens is 256 g/mol. The summed E-state index contributed by atoms with van der Waals surface area (Å²) in [6.45, 7) is 3.89. The van der Waals surface area contributed by atoms with Gasteiger partial charge in [0.2, 0.25) is 11.7 Å². The van der Waals surface area contributed by atoms with Gasteiger partial charge in [-0.05, 0) is 18.1 Å². The number of aliphatic hydroxyl groups is 1. The third-order valence-corrected chi connectivity index (χ3v) is 3.27. The summed E-state index contributed by atoms with van der Waals surface area (Å²) in [6.07, 6.45) is -0.135. The minimum atomic E-state index is -0.487. The molecule has 0 saturated heterocycles. The summed E-state index contributed by atoms with van der Waals surface area (Å²) in [5.74, 6) is 1.55. The third-order valence-electron chi connectivity index (χ3n) is 3.27. The van der Waals surface area contributed by atoms with Gasteiger partial charge >= 0.3 is 0 Å². The lowest BCUT2D eigenvalue weighted by atomic mass is 10.0. The lowest BCUT2D eigenvalue weighted by Gasteiger charge is -2.10. The Hall–Kier alpha value is -2.14. The number of benzene rings is 1. The molecule has 0 radical (unpaired) electrons. The second-order valence-electron chi connectivity index (χ2n) is 5.18. The lowest BCUT2D eigenvalue weighted by molar-refractivity contribution is 0.116. The number of hydrogen-bond acceptors (Lipinski definition) is 5. The fraction of sp³-hybridized carbons (Fsp3) is 0.333.